The number of phenolic OH excluding ortho intramolecular Hbond substituents is 1. The average Bonchev–Trinajstić information content (AvgIpc) is 2.66. The van der Waals surface area contributed by atoms with Gasteiger partial charge in [-0.05, 0) is 58.2 Å². The molecule has 110 valence electrons. The smallest absolute Gasteiger partial charge is 0.120 e. The van der Waals surface area contributed by atoms with Crippen molar-refractivity contribution in [3.8, 4) is 5.75 Å². The van der Waals surface area contributed by atoms with Crippen LogP contribution in [0.5, 0.6) is 5.75 Å². The molecule has 3 nitrogen and oxygen atoms in total. The van der Waals surface area contributed by atoms with E-state index in [9.17, 15) is 5.11 Å². The highest BCUT2D eigenvalue weighted by Crippen LogP contribution is 2.37. The number of hydrogen-bond donors (Lipinski definition) is 2. The number of nitrogens with one attached hydrogen (secondary N) is 1. The molecule has 2 heterocycles. The molecule has 3 atom stereocenters. The average molecular weight is 274 g/mol. The van der Waals surface area contributed by atoms with E-state index in [0.717, 1.165) is 30.1 Å². The first-order valence-corrected chi connectivity index (χ1v) is 7.88. The third-order valence-electron chi connectivity index (χ3n) is 5.31. The largest absolute Gasteiger partial charge is 0.508 e. The summed E-state index contributed by atoms with van der Waals surface area (Å²) in [7, 11) is 2.29. The molecular formula is C17H26N2O. The minimum absolute atomic E-state index is 0.216. The van der Waals surface area contributed by atoms with Crippen LogP contribution in [-0.2, 0) is 0 Å². The van der Waals surface area contributed by atoms with Crippen molar-refractivity contribution >= 4 is 0 Å². The molecule has 3 unspecified atom stereocenters. The van der Waals surface area contributed by atoms with Crippen LogP contribution in [0.1, 0.15) is 44.2 Å². The van der Waals surface area contributed by atoms with Gasteiger partial charge >= 0.3 is 0 Å². The van der Waals surface area contributed by atoms with Crippen LogP contribution in [0.3, 0.4) is 0 Å². The molecular weight excluding hydrogens is 248 g/mol. The maximum absolute atomic E-state index is 9.90. The number of benzene rings is 1. The zero-order valence-corrected chi connectivity index (χ0v) is 12.5. The topological polar surface area (TPSA) is 35.5 Å². The van der Waals surface area contributed by atoms with Crippen molar-refractivity contribution in [2.24, 2.45) is 5.92 Å². The fourth-order valence-electron chi connectivity index (χ4n) is 4.00. The van der Waals surface area contributed by atoms with Crippen LogP contribution in [0.4, 0.5) is 0 Å². The molecule has 2 saturated heterocycles. The van der Waals surface area contributed by atoms with Crippen molar-refractivity contribution in [1.29, 1.82) is 0 Å². The van der Waals surface area contributed by atoms with Crippen LogP contribution in [0.25, 0.3) is 0 Å². The Morgan fingerprint density at radius 1 is 1.25 bits per heavy atom. The minimum atomic E-state index is 0.216. The summed E-state index contributed by atoms with van der Waals surface area (Å²) < 4.78 is 0. The minimum Gasteiger partial charge on any atom is -0.508 e. The van der Waals surface area contributed by atoms with Gasteiger partial charge in [0.25, 0.3) is 0 Å². The molecule has 2 aliphatic heterocycles. The van der Waals surface area contributed by atoms with Crippen LogP contribution in [0, 0.1) is 5.92 Å². The summed E-state index contributed by atoms with van der Waals surface area (Å²) in [6, 6.07) is 9.47. The number of nitrogens with zero attached hydrogens (tertiary/aromatic N) is 1. The number of piperidine rings is 1. The van der Waals surface area contributed by atoms with Gasteiger partial charge in [-0.2, -0.15) is 0 Å². The number of para-hydroxylation sites is 1. The third-order valence-corrected chi connectivity index (χ3v) is 5.31. The Balaban J connectivity index is 1.54. The van der Waals surface area contributed by atoms with E-state index in [1.165, 1.54) is 25.7 Å². The van der Waals surface area contributed by atoms with E-state index in [2.05, 4.69) is 24.2 Å². The molecule has 0 saturated carbocycles. The lowest BCUT2D eigenvalue weighted by molar-refractivity contribution is 0.131. The predicted octanol–water partition coefficient (Wildman–Crippen LogP) is 2.92. The fraction of sp³-hybridized carbons (Fsp3) is 0.647. The van der Waals surface area contributed by atoms with Gasteiger partial charge in [0, 0.05) is 23.7 Å². The Bertz CT molecular complexity index is 448. The van der Waals surface area contributed by atoms with Gasteiger partial charge in [0.1, 0.15) is 5.75 Å². The number of rotatable bonds is 4. The van der Waals surface area contributed by atoms with E-state index in [1.54, 1.807) is 6.07 Å². The molecule has 0 amide bonds. The van der Waals surface area contributed by atoms with Crippen LogP contribution in [0.15, 0.2) is 24.3 Å². The first kappa shape index (κ1) is 13.9. The normalized spacial score (nSPS) is 31.4. The van der Waals surface area contributed by atoms with Crippen molar-refractivity contribution in [2.45, 2.75) is 50.7 Å². The van der Waals surface area contributed by atoms with Gasteiger partial charge in [0.2, 0.25) is 0 Å². The molecule has 2 fully saturated rings. The Kier molecular flexibility index (Phi) is 3.99. The molecule has 1 aromatic rings. The summed E-state index contributed by atoms with van der Waals surface area (Å²) in [5.74, 6) is 1.19. The summed E-state index contributed by atoms with van der Waals surface area (Å²) >= 11 is 0. The van der Waals surface area contributed by atoms with Gasteiger partial charge in [-0.1, -0.05) is 18.2 Å². The van der Waals surface area contributed by atoms with Gasteiger partial charge in [-0.3, -0.25) is 0 Å². The number of aromatic hydroxyl groups is 1. The quantitative estimate of drug-likeness (QED) is 0.886. The molecule has 2 N–H and O–H groups in total. The Morgan fingerprint density at radius 3 is 2.55 bits per heavy atom. The van der Waals surface area contributed by atoms with E-state index in [1.807, 2.05) is 18.2 Å². The Morgan fingerprint density at radius 2 is 1.90 bits per heavy atom. The monoisotopic (exact) mass is 274 g/mol. The fourth-order valence-corrected chi connectivity index (χ4v) is 4.00. The summed E-state index contributed by atoms with van der Waals surface area (Å²) in [4.78, 5) is 2.59. The summed E-state index contributed by atoms with van der Waals surface area (Å²) in [5.41, 5.74) is 1.00. The first-order chi connectivity index (χ1) is 9.65. The summed E-state index contributed by atoms with van der Waals surface area (Å²) in [6.07, 6.45) is 5.42. The number of phenols is 1. The van der Waals surface area contributed by atoms with E-state index in [-0.39, 0.29) is 6.04 Å². The molecule has 2 aliphatic rings. The Hall–Kier alpha value is -1.06. The number of hydrogen-bond acceptors (Lipinski definition) is 3. The molecule has 2 bridgehead atoms. The van der Waals surface area contributed by atoms with Gasteiger partial charge in [0.15, 0.2) is 0 Å². The third kappa shape index (κ3) is 2.70. The van der Waals surface area contributed by atoms with Gasteiger partial charge in [-0.15, -0.1) is 0 Å². The standard InChI is InChI=1S/C17H26N2O/c1-12(16-5-3-4-6-17(16)20)18-11-13-9-14-7-8-15(10-13)19(14)2/h3-6,12-15,18,20H,7-11H2,1-2H3. The zero-order valence-electron chi connectivity index (χ0n) is 12.5. The Labute approximate surface area is 122 Å². The van der Waals surface area contributed by atoms with Crippen molar-refractivity contribution in [1.82, 2.24) is 10.2 Å². The maximum Gasteiger partial charge on any atom is 0.120 e. The molecule has 0 aliphatic carbocycles. The first-order valence-electron chi connectivity index (χ1n) is 7.88. The van der Waals surface area contributed by atoms with E-state index in [4.69, 9.17) is 0 Å². The molecule has 0 spiro atoms. The maximum atomic E-state index is 9.90. The second kappa shape index (κ2) is 5.74. The molecule has 1 aromatic carbocycles. The van der Waals surface area contributed by atoms with Crippen molar-refractivity contribution in [3.63, 3.8) is 0 Å². The SMILES string of the molecule is CC(NCC1CC2CCC(C1)N2C)c1ccccc1O. The lowest BCUT2D eigenvalue weighted by Crippen LogP contribution is -2.42. The van der Waals surface area contributed by atoms with Crippen LogP contribution in [-0.4, -0.2) is 35.7 Å². The molecule has 0 aromatic heterocycles. The highest BCUT2D eigenvalue weighted by Gasteiger charge is 2.38. The second-order valence-corrected chi connectivity index (χ2v) is 6.58. The molecule has 3 heteroatoms. The van der Waals surface area contributed by atoms with Gasteiger partial charge < -0.3 is 15.3 Å². The lowest BCUT2D eigenvalue weighted by Gasteiger charge is -2.36. The highest BCUT2D eigenvalue weighted by atomic mass is 16.3. The molecule has 0 radical (unpaired) electrons. The predicted molar refractivity (Wildman–Crippen MR) is 81.8 cm³/mol. The zero-order chi connectivity index (χ0) is 14.1. The van der Waals surface area contributed by atoms with Crippen LogP contribution in [0.2, 0.25) is 0 Å². The van der Waals surface area contributed by atoms with E-state index >= 15 is 0 Å². The van der Waals surface area contributed by atoms with Crippen molar-refractivity contribution in [2.75, 3.05) is 13.6 Å². The molecule has 3 rings (SSSR count). The summed E-state index contributed by atoms with van der Waals surface area (Å²) in [6.45, 7) is 3.20. The van der Waals surface area contributed by atoms with Crippen LogP contribution >= 0.6 is 0 Å². The highest BCUT2D eigenvalue weighted by molar-refractivity contribution is 5.34. The molecule has 20 heavy (non-hydrogen) atoms. The van der Waals surface area contributed by atoms with Crippen molar-refractivity contribution in [3.05, 3.63) is 29.8 Å². The summed E-state index contributed by atoms with van der Waals surface area (Å²) in [5, 5.41) is 13.5. The van der Waals surface area contributed by atoms with E-state index < -0.39 is 0 Å². The lowest BCUT2D eigenvalue weighted by atomic mass is 9.90. The van der Waals surface area contributed by atoms with Crippen molar-refractivity contribution < 1.29 is 5.11 Å². The second-order valence-electron chi connectivity index (χ2n) is 6.58. The van der Waals surface area contributed by atoms with E-state index in [0.29, 0.717) is 5.75 Å². The number of fused-ring (bicyclic) bond motifs is 2. The van der Waals surface area contributed by atoms with Crippen LogP contribution < -0.4 is 5.32 Å². The van der Waals surface area contributed by atoms with Gasteiger partial charge in [0.05, 0.1) is 0 Å². The van der Waals surface area contributed by atoms with Gasteiger partial charge in [-0.25, -0.2) is 0 Å².